The smallest absolute Gasteiger partial charge is 0.251 e. The zero-order valence-corrected chi connectivity index (χ0v) is 12.8. The lowest BCUT2D eigenvalue weighted by atomic mass is 10.1. The molecule has 1 aliphatic carbocycles. The molecule has 0 saturated heterocycles. The van der Waals surface area contributed by atoms with Crippen molar-refractivity contribution in [2.24, 2.45) is 5.92 Å². The topological polar surface area (TPSA) is 54.0 Å². The van der Waals surface area contributed by atoms with Gasteiger partial charge in [-0.3, -0.25) is 4.79 Å². The van der Waals surface area contributed by atoms with Crippen LogP contribution < -0.4 is 10.6 Å². The highest BCUT2D eigenvalue weighted by atomic mass is 35.5. The molecule has 1 aromatic rings. The molecule has 0 bridgehead atoms. The summed E-state index contributed by atoms with van der Waals surface area (Å²) in [6, 6.07) is 3.66. The van der Waals surface area contributed by atoms with Crippen molar-refractivity contribution in [3.8, 4) is 0 Å². The van der Waals surface area contributed by atoms with Gasteiger partial charge in [-0.1, -0.05) is 31.9 Å². The molecule has 0 spiro atoms. The molecule has 2 atom stereocenters. The van der Waals surface area contributed by atoms with E-state index in [0.29, 0.717) is 22.5 Å². The van der Waals surface area contributed by atoms with Crippen LogP contribution in [0.3, 0.4) is 0 Å². The lowest BCUT2D eigenvalue weighted by Crippen LogP contribution is -2.36. The quantitative estimate of drug-likeness (QED) is 0.818. The first-order chi connectivity index (χ1) is 9.60. The van der Waals surface area contributed by atoms with E-state index in [1.807, 2.05) is 0 Å². The molecule has 0 radical (unpaired) electrons. The fraction of sp³-hybridized carbons (Fsp3) is 0.600. The number of nitrogens with one attached hydrogen (secondary N) is 2. The number of nitrogens with zero attached hydrogens (tertiary/aromatic N) is 1. The van der Waals surface area contributed by atoms with E-state index in [9.17, 15) is 4.79 Å². The second-order valence-electron chi connectivity index (χ2n) is 5.48. The van der Waals surface area contributed by atoms with Gasteiger partial charge in [0, 0.05) is 18.2 Å². The van der Waals surface area contributed by atoms with Crippen molar-refractivity contribution < 1.29 is 4.79 Å². The first kappa shape index (κ1) is 15.1. The number of carbonyl (C=O) groups excluding carboxylic acids is 1. The fourth-order valence-electron chi connectivity index (χ4n) is 2.58. The largest absolute Gasteiger partial charge is 0.370 e. The summed E-state index contributed by atoms with van der Waals surface area (Å²) in [6.45, 7) is 5.08. The molecule has 5 heteroatoms. The summed E-state index contributed by atoms with van der Waals surface area (Å²) in [6.07, 6.45) is 4.43. The van der Waals surface area contributed by atoms with Crippen LogP contribution in [0.25, 0.3) is 0 Å². The Morgan fingerprint density at radius 3 is 2.90 bits per heavy atom. The number of rotatable bonds is 5. The minimum atomic E-state index is -0.0624. The fourth-order valence-corrected chi connectivity index (χ4v) is 2.79. The van der Waals surface area contributed by atoms with E-state index in [1.165, 1.54) is 12.8 Å². The minimum Gasteiger partial charge on any atom is -0.370 e. The maximum atomic E-state index is 12.3. The maximum Gasteiger partial charge on any atom is 0.251 e. The van der Waals surface area contributed by atoms with Gasteiger partial charge in [0.05, 0.1) is 0 Å². The molecule has 110 valence electrons. The van der Waals surface area contributed by atoms with E-state index in [0.717, 1.165) is 19.4 Å². The molecule has 0 aromatic carbocycles. The third-order valence-corrected chi connectivity index (χ3v) is 3.98. The molecule has 20 heavy (non-hydrogen) atoms. The van der Waals surface area contributed by atoms with Crippen molar-refractivity contribution in [1.82, 2.24) is 10.3 Å². The van der Waals surface area contributed by atoms with Gasteiger partial charge in [-0.2, -0.15) is 0 Å². The molecule has 0 aliphatic heterocycles. The Balaban J connectivity index is 2.06. The maximum absolute atomic E-state index is 12.3. The van der Waals surface area contributed by atoms with Crippen LogP contribution in [-0.2, 0) is 0 Å². The zero-order chi connectivity index (χ0) is 14.5. The van der Waals surface area contributed by atoms with Crippen LogP contribution in [0.2, 0.25) is 5.15 Å². The second kappa shape index (κ2) is 6.93. The molecule has 2 N–H and O–H groups in total. The predicted octanol–water partition coefficient (Wildman–Crippen LogP) is 3.48. The molecular weight excluding hydrogens is 274 g/mol. The number of halogens is 1. The Kier molecular flexibility index (Phi) is 5.24. The van der Waals surface area contributed by atoms with E-state index in [4.69, 9.17) is 11.6 Å². The van der Waals surface area contributed by atoms with Crippen molar-refractivity contribution in [3.05, 3.63) is 22.8 Å². The van der Waals surface area contributed by atoms with Crippen LogP contribution in [0.4, 0.5) is 5.82 Å². The van der Waals surface area contributed by atoms with E-state index in [-0.39, 0.29) is 11.9 Å². The molecule has 1 amide bonds. The van der Waals surface area contributed by atoms with Crippen LogP contribution in [0.5, 0.6) is 0 Å². The molecule has 2 unspecified atom stereocenters. The number of aromatic nitrogens is 1. The van der Waals surface area contributed by atoms with E-state index in [1.54, 1.807) is 12.1 Å². The Morgan fingerprint density at radius 2 is 2.25 bits per heavy atom. The summed E-state index contributed by atoms with van der Waals surface area (Å²) in [5.41, 5.74) is 0.572. The summed E-state index contributed by atoms with van der Waals surface area (Å²) >= 11 is 5.99. The van der Waals surface area contributed by atoms with Crippen molar-refractivity contribution in [3.63, 3.8) is 0 Å². The standard InChI is InChI=1S/C15H22ClN3O/c1-3-7-17-14-9-11(8-13(16)19-14)15(20)18-12-6-4-5-10(12)2/h8-10,12H,3-7H2,1-2H3,(H,17,19)(H,18,20). The molecule has 1 saturated carbocycles. The highest BCUT2D eigenvalue weighted by Gasteiger charge is 2.25. The summed E-state index contributed by atoms with van der Waals surface area (Å²) in [5, 5.41) is 6.60. The van der Waals surface area contributed by atoms with Gasteiger partial charge in [0.25, 0.3) is 5.91 Å². The number of carbonyl (C=O) groups is 1. The van der Waals surface area contributed by atoms with Gasteiger partial charge < -0.3 is 10.6 Å². The minimum absolute atomic E-state index is 0.0624. The summed E-state index contributed by atoms with van der Waals surface area (Å²) < 4.78 is 0. The average molecular weight is 296 g/mol. The third kappa shape index (κ3) is 3.85. The highest BCUT2D eigenvalue weighted by molar-refractivity contribution is 6.29. The van der Waals surface area contributed by atoms with E-state index >= 15 is 0 Å². The Bertz CT molecular complexity index is 478. The number of amides is 1. The number of hydrogen-bond donors (Lipinski definition) is 2. The zero-order valence-electron chi connectivity index (χ0n) is 12.1. The van der Waals surface area contributed by atoms with Crippen molar-refractivity contribution in [2.45, 2.75) is 45.6 Å². The van der Waals surface area contributed by atoms with Gasteiger partial charge in [-0.05, 0) is 37.3 Å². The van der Waals surface area contributed by atoms with E-state index < -0.39 is 0 Å². The Hall–Kier alpha value is -1.29. The van der Waals surface area contributed by atoms with Crippen LogP contribution in [0, 0.1) is 5.92 Å². The molecule has 4 nitrogen and oxygen atoms in total. The molecule has 1 heterocycles. The molecule has 2 rings (SSSR count). The number of pyridine rings is 1. The van der Waals surface area contributed by atoms with Crippen molar-refractivity contribution >= 4 is 23.3 Å². The van der Waals surface area contributed by atoms with Gasteiger partial charge in [-0.25, -0.2) is 4.98 Å². The van der Waals surface area contributed by atoms with Crippen molar-refractivity contribution in [1.29, 1.82) is 0 Å². The van der Waals surface area contributed by atoms with Crippen LogP contribution in [-0.4, -0.2) is 23.5 Å². The van der Waals surface area contributed by atoms with Gasteiger partial charge in [0.2, 0.25) is 0 Å². The van der Waals surface area contributed by atoms with Gasteiger partial charge >= 0.3 is 0 Å². The lowest BCUT2D eigenvalue weighted by molar-refractivity contribution is 0.0929. The summed E-state index contributed by atoms with van der Waals surface area (Å²) in [4.78, 5) is 16.5. The summed E-state index contributed by atoms with van der Waals surface area (Å²) in [7, 11) is 0. The first-order valence-electron chi connectivity index (χ1n) is 7.32. The van der Waals surface area contributed by atoms with Gasteiger partial charge in [0.15, 0.2) is 0 Å². The normalized spacial score (nSPS) is 21.8. The molecule has 1 aromatic heterocycles. The molecule has 1 aliphatic rings. The van der Waals surface area contributed by atoms with Crippen LogP contribution in [0.15, 0.2) is 12.1 Å². The Morgan fingerprint density at radius 1 is 1.45 bits per heavy atom. The number of hydrogen-bond acceptors (Lipinski definition) is 3. The highest BCUT2D eigenvalue weighted by Crippen LogP contribution is 2.25. The van der Waals surface area contributed by atoms with Crippen molar-refractivity contribution in [2.75, 3.05) is 11.9 Å². The first-order valence-corrected chi connectivity index (χ1v) is 7.70. The SMILES string of the molecule is CCCNc1cc(C(=O)NC2CCCC2C)cc(Cl)n1. The van der Waals surface area contributed by atoms with E-state index in [2.05, 4.69) is 29.5 Å². The third-order valence-electron chi connectivity index (χ3n) is 3.79. The van der Waals surface area contributed by atoms with Gasteiger partial charge in [-0.15, -0.1) is 0 Å². The molecular formula is C15H22ClN3O. The summed E-state index contributed by atoms with van der Waals surface area (Å²) in [5.74, 6) is 1.14. The van der Waals surface area contributed by atoms with Crippen LogP contribution in [0.1, 0.15) is 49.9 Å². The van der Waals surface area contributed by atoms with Gasteiger partial charge in [0.1, 0.15) is 11.0 Å². The lowest BCUT2D eigenvalue weighted by Gasteiger charge is -2.17. The monoisotopic (exact) mass is 295 g/mol. The predicted molar refractivity (Wildman–Crippen MR) is 82.3 cm³/mol. The van der Waals surface area contributed by atoms with Crippen LogP contribution >= 0.6 is 11.6 Å². The number of anilines is 1. The second-order valence-corrected chi connectivity index (χ2v) is 5.87. The Labute approximate surface area is 125 Å². The average Bonchev–Trinajstić information content (AvgIpc) is 2.81. The molecule has 1 fully saturated rings.